The highest BCUT2D eigenvalue weighted by Crippen LogP contribution is 2.17. The number of piperidine rings is 1. The van der Waals surface area contributed by atoms with Gasteiger partial charge in [0, 0.05) is 26.7 Å². The topological polar surface area (TPSA) is 53.0 Å². The van der Waals surface area contributed by atoms with Crippen LogP contribution in [0.15, 0.2) is 0 Å². The standard InChI is InChI=1S/C14H28N2O3/c1-11-5-7-16(8-6-11)14(18)12(2)15(3)9-13(17)10-19-4/h11-13,17H,5-10H2,1-4H3. The van der Waals surface area contributed by atoms with Crippen LogP contribution < -0.4 is 0 Å². The molecule has 0 aromatic carbocycles. The molecule has 1 aliphatic rings. The van der Waals surface area contributed by atoms with Gasteiger partial charge in [-0.2, -0.15) is 0 Å². The zero-order chi connectivity index (χ0) is 14.4. The number of carbonyl (C=O) groups excluding carboxylic acids is 1. The van der Waals surface area contributed by atoms with E-state index < -0.39 is 6.10 Å². The second-order valence-corrected chi connectivity index (χ2v) is 5.73. The molecule has 1 rings (SSSR count). The average molecular weight is 272 g/mol. The second-order valence-electron chi connectivity index (χ2n) is 5.73. The molecule has 1 amide bonds. The lowest BCUT2D eigenvalue weighted by molar-refractivity contribution is -0.137. The Morgan fingerprint density at radius 1 is 1.47 bits per heavy atom. The fourth-order valence-electron chi connectivity index (χ4n) is 2.42. The molecule has 0 spiro atoms. The van der Waals surface area contributed by atoms with E-state index in [4.69, 9.17) is 4.74 Å². The zero-order valence-electron chi connectivity index (χ0n) is 12.6. The Labute approximate surface area is 116 Å². The van der Waals surface area contributed by atoms with E-state index in [-0.39, 0.29) is 11.9 Å². The van der Waals surface area contributed by atoms with Gasteiger partial charge in [0.15, 0.2) is 0 Å². The summed E-state index contributed by atoms with van der Waals surface area (Å²) in [6, 6.07) is -0.195. The van der Waals surface area contributed by atoms with Crippen LogP contribution in [0.3, 0.4) is 0 Å². The second kappa shape index (κ2) is 7.82. The number of likely N-dealkylation sites (tertiary alicyclic amines) is 1. The van der Waals surface area contributed by atoms with Crippen LogP contribution in [0.4, 0.5) is 0 Å². The first-order valence-electron chi connectivity index (χ1n) is 7.11. The lowest BCUT2D eigenvalue weighted by atomic mass is 9.99. The highest BCUT2D eigenvalue weighted by Gasteiger charge is 2.27. The van der Waals surface area contributed by atoms with E-state index in [1.54, 1.807) is 7.11 Å². The molecule has 1 saturated heterocycles. The van der Waals surface area contributed by atoms with Gasteiger partial charge in [0.2, 0.25) is 5.91 Å². The lowest BCUT2D eigenvalue weighted by Crippen LogP contribution is -2.50. The predicted molar refractivity (Wildman–Crippen MR) is 75.0 cm³/mol. The number of hydrogen-bond acceptors (Lipinski definition) is 4. The van der Waals surface area contributed by atoms with Crippen molar-refractivity contribution in [2.24, 2.45) is 5.92 Å². The molecule has 1 aliphatic heterocycles. The lowest BCUT2D eigenvalue weighted by Gasteiger charge is -2.35. The number of aliphatic hydroxyl groups excluding tert-OH is 1. The summed E-state index contributed by atoms with van der Waals surface area (Å²) in [5, 5.41) is 9.70. The molecule has 0 saturated carbocycles. The van der Waals surface area contributed by atoms with Gasteiger partial charge in [0.05, 0.1) is 18.8 Å². The number of likely N-dealkylation sites (N-methyl/N-ethyl adjacent to an activating group) is 1. The summed E-state index contributed by atoms with van der Waals surface area (Å²) in [7, 11) is 3.43. The molecule has 112 valence electrons. The fraction of sp³-hybridized carbons (Fsp3) is 0.929. The van der Waals surface area contributed by atoms with Gasteiger partial charge in [-0.3, -0.25) is 9.69 Å². The maximum Gasteiger partial charge on any atom is 0.239 e. The molecule has 1 N–H and O–H groups in total. The largest absolute Gasteiger partial charge is 0.389 e. The van der Waals surface area contributed by atoms with Crippen LogP contribution in [0.2, 0.25) is 0 Å². The van der Waals surface area contributed by atoms with Crippen LogP contribution in [-0.4, -0.2) is 73.4 Å². The Morgan fingerprint density at radius 3 is 2.58 bits per heavy atom. The molecule has 0 aliphatic carbocycles. The van der Waals surface area contributed by atoms with Crippen molar-refractivity contribution in [2.45, 2.75) is 38.8 Å². The van der Waals surface area contributed by atoms with Gasteiger partial charge < -0.3 is 14.7 Å². The summed E-state index contributed by atoms with van der Waals surface area (Å²) in [4.78, 5) is 16.2. The molecule has 1 fully saturated rings. The molecule has 2 unspecified atom stereocenters. The summed E-state index contributed by atoms with van der Waals surface area (Å²) < 4.78 is 4.90. The van der Waals surface area contributed by atoms with Gasteiger partial charge in [-0.25, -0.2) is 0 Å². The van der Waals surface area contributed by atoms with E-state index in [2.05, 4.69) is 6.92 Å². The minimum atomic E-state index is -0.549. The third-order valence-electron chi connectivity index (χ3n) is 3.97. The summed E-state index contributed by atoms with van der Waals surface area (Å²) in [6.07, 6.45) is 1.63. The average Bonchev–Trinajstić information content (AvgIpc) is 2.38. The Bertz CT molecular complexity index is 278. The molecule has 0 aromatic rings. The molecule has 0 aromatic heterocycles. The van der Waals surface area contributed by atoms with Gasteiger partial charge in [0.25, 0.3) is 0 Å². The number of carbonyl (C=O) groups is 1. The number of ether oxygens (including phenoxy) is 1. The fourth-order valence-corrected chi connectivity index (χ4v) is 2.42. The molecular weight excluding hydrogens is 244 g/mol. The van der Waals surface area contributed by atoms with E-state index in [9.17, 15) is 9.90 Å². The quantitative estimate of drug-likeness (QED) is 0.768. The third-order valence-corrected chi connectivity index (χ3v) is 3.97. The van der Waals surface area contributed by atoms with Crippen LogP contribution in [0.1, 0.15) is 26.7 Å². The van der Waals surface area contributed by atoms with Crippen molar-refractivity contribution in [1.82, 2.24) is 9.80 Å². The van der Waals surface area contributed by atoms with E-state index in [0.29, 0.717) is 13.2 Å². The molecule has 0 bridgehead atoms. The Kier molecular flexibility index (Phi) is 6.75. The van der Waals surface area contributed by atoms with Crippen molar-refractivity contribution in [3.63, 3.8) is 0 Å². The number of amides is 1. The Balaban J connectivity index is 2.42. The SMILES string of the molecule is COCC(O)CN(C)C(C)C(=O)N1CCC(C)CC1. The van der Waals surface area contributed by atoms with Crippen molar-refractivity contribution in [3.05, 3.63) is 0 Å². The third kappa shape index (κ3) is 5.09. The van der Waals surface area contributed by atoms with E-state index in [1.807, 2.05) is 23.8 Å². The first-order valence-corrected chi connectivity index (χ1v) is 7.11. The van der Waals surface area contributed by atoms with Crippen LogP contribution in [-0.2, 0) is 9.53 Å². The van der Waals surface area contributed by atoms with Crippen molar-refractivity contribution < 1.29 is 14.6 Å². The van der Waals surface area contributed by atoms with Crippen molar-refractivity contribution in [1.29, 1.82) is 0 Å². The first-order chi connectivity index (χ1) is 8.95. The summed E-state index contributed by atoms with van der Waals surface area (Å²) in [5.41, 5.74) is 0. The van der Waals surface area contributed by atoms with Crippen LogP contribution >= 0.6 is 0 Å². The Morgan fingerprint density at radius 2 is 2.05 bits per heavy atom. The summed E-state index contributed by atoms with van der Waals surface area (Å²) in [5.74, 6) is 0.889. The number of rotatable bonds is 6. The van der Waals surface area contributed by atoms with Crippen LogP contribution in [0, 0.1) is 5.92 Å². The summed E-state index contributed by atoms with van der Waals surface area (Å²) in [6.45, 7) is 6.60. The highest BCUT2D eigenvalue weighted by atomic mass is 16.5. The zero-order valence-corrected chi connectivity index (χ0v) is 12.6. The molecule has 2 atom stereocenters. The van der Waals surface area contributed by atoms with Crippen LogP contribution in [0.5, 0.6) is 0 Å². The molecule has 5 nitrogen and oxygen atoms in total. The van der Waals surface area contributed by atoms with Gasteiger partial charge in [-0.05, 0) is 32.7 Å². The maximum absolute atomic E-state index is 12.4. The molecule has 19 heavy (non-hydrogen) atoms. The predicted octanol–water partition coefficient (Wildman–Crippen LogP) is 0.573. The monoisotopic (exact) mass is 272 g/mol. The number of hydrogen-bond donors (Lipinski definition) is 1. The first kappa shape index (κ1) is 16.4. The van der Waals surface area contributed by atoms with Crippen LogP contribution in [0.25, 0.3) is 0 Å². The number of methoxy groups -OCH3 is 1. The molecular formula is C14H28N2O3. The highest BCUT2D eigenvalue weighted by molar-refractivity contribution is 5.81. The van der Waals surface area contributed by atoms with Gasteiger partial charge in [-0.15, -0.1) is 0 Å². The minimum Gasteiger partial charge on any atom is -0.389 e. The number of nitrogens with zero attached hydrogens (tertiary/aromatic N) is 2. The summed E-state index contributed by atoms with van der Waals surface area (Å²) >= 11 is 0. The van der Waals surface area contributed by atoms with Crippen molar-refractivity contribution in [3.8, 4) is 0 Å². The molecule has 0 radical (unpaired) electrons. The van der Waals surface area contributed by atoms with Gasteiger partial charge >= 0.3 is 0 Å². The Hall–Kier alpha value is -0.650. The maximum atomic E-state index is 12.4. The molecule has 1 heterocycles. The van der Waals surface area contributed by atoms with Crippen molar-refractivity contribution >= 4 is 5.91 Å². The number of aliphatic hydroxyl groups is 1. The van der Waals surface area contributed by atoms with Crippen molar-refractivity contribution in [2.75, 3.05) is 40.4 Å². The van der Waals surface area contributed by atoms with Gasteiger partial charge in [-0.1, -0.05) is 6.92 Å². The van der Waals surface area contributed by atoms with E-state index >= 15 is 0 Å². The normalized spacial score (nSPS) is 20.6. The molecule has 5 heteroatoms. The smallest absolute Gasteiger partial charge is 0.239 e. The van der Waals surface area contributed by atoms with E-state index in [1.165, 1.54) is 0 Å². The van der Waals surface area contributed by atoms with Gasteiger partial charge in [0.1, 0.15) is 0 Å². The minimum absolute atomic E-state index is 0.166. The van der Waals surface area contributed by atoms with E-state index in [0.717, 1.165) is 31.8 Å².